The zero-order valence-electron chi connectivity index (χ0n) is 15.3. The minimum Gasteiger partial charge on any atom is -0.431 e. The number of oxazole rings is 1. The van der Waals surface area contributed by atoms with E-state index in [0.29, 0.717) is 36.0 Å². The lowest BCUT2D eigenvalue weighted by Crippen LogP contribution is -2.30. The van der Waals surface area contributed by atoms with E-state index in [9.17, 15) is 13.2 Å². The van der Waals surface area contributed by atoms with Gasteiger partial charge in [0, 0.05) is 19.6 Å². The van der Waals surface area contributed by atoms with Crippen LogP contribution in [0.2, 0.25) is 0 Å². The van der Waals surface area contributed by atoms with Gasteiger partial charge in [-0.25, -0.2) is 13.4 Å². The molecule has 0 spiro atoms. The number of carbonyl (C=O) groups is 1. The van der Waals surface area contributed by atoms with E-state index in [1.54, 1.807) is 19.9 Å². The summed E-state index contributed by atoms with van der Waals surface area (Å²) < 4.78 is 32.2. The standard InChI is InChI=1S/C17H25N3O4S2/c1-4-7-10-18-16(21)12-25-17-19-14-11-13(8-9-15(14)24-17)26(22,23)20(5-2)6-3/h8-9,11H,4-7,10,12H2,1-3H3,(H,18,21). The predicted octanol–water partition coefficient (Wildman–Crippen LogP) is 2.87. The highest BCUT2D eigenvalue weighted by molar-refractivity contribution is 7.99. The Bertz CT molecular complexity index is 845. The Morgan fingerprint density at radius 1 is 1.27 bits per heavy atom. The van der Waals surface area contributed by atoms with E-state index in [4.69, 9.17) is 4.42 Å². The van der Waals surface area contributed by atoms with E-state index < -0.39 is 10.0 Å². The molecule has 2 aromatic rings. The van der Waals surface area contributed by atoms with Crippen molar-refractivity contribution in [1.29, 1.82) is 0 Å². The van der Waals surface area contributed by atoms with E-state index in [2.05, 4.69) is 17.2 Å². The SMILES string of the molecule is CCCCNC(=O)CSc1nc2cc(S(=O)(=O)N(CC)CC)ccc2o1. The summed E-state index contributed by atoms with van der Waals surface area (Å²) in [7, 11) is -3.54. The molecule has 0 saturated heterocycles. The molecule has 1 amide bonds. The zero-order chi connectivity index (χ0) is 19.2. The maximum Gasteiger partial charge on any atom is 0.257 e. The van der Waals surface area contributed by atoms with Gasteiger partial charge < -0.3 is 9.73 Å². The van der Waals surface area contributed by atoms with Crippen molar-refractivity contribution in [2.45, 2.75) is 43.7 Å². The van der Waals surface area contributed by atoms with Gasteiger partial charge in [0.2, 0.25) is 15.9 Å². The first kappa shape index (κ1) is 20.7. The number of carbonyl (C=O) groups excluding carboxylic acids is 1. The van der Waals surface area contributed by atoms with Gasteiger partial charge in [-0.1, -0.05) is 39.0 Å². The summed E-state index contributed by atoms with van der Waals surface area (Å²) in [6, 6.07) is 4.63. The molecule has 1 N–H and O–H groups in total. The Hall–Kier alpha value is -1.58. The average molecular weight is 400 g/mol. The van der Waals surface area contributed by atoms with Crippen molar-refractivity contribution in [2.24, 2.45) is 0 Å². The molecule has 9 heteroatoms. The van der Waals surface area contributed by atoms with E-state index in [1.165, 1.54) is 28.2 Å². The van der Waals surface area contributed by atoms with Crippen molar-refractivity contribution in [2.75, 3.05) is 25.4 Å². The summed E-state index contributed by atoms with van der Waals surface area (Å²) in [6.45, 7) is 7.14. The van der Waals surface area contributed by atoms with Crippen molar-refractivity contribution >= 4 is 38.8 Å². The van der Waals surface area contributed by atoms with Crippen molar-refractivity contribution in [3.8, 4) is 0 Å². The number of sulfonamides is 1. The summed E-state index contributed by atoms with van der Waals surface area (Å²) in [4.78, 5) is 16.2. The predicted molar refractivity (Wildman–Crippen MR) is 103 cm³/mol. The summed E-state index contributed by atoms with van der Waals surface area (Å²) in [5.74, 6) is 0.136. The molecule has 26 heavy (non-hydrogen) atoms. The first-order chi connectivity index (χ1) is 12.4. The van der Waals surface area contributed by atoms with Crippen LogP contribution in [0, 0.1) is 0 Å². The molecule has 1 aromatic carbocycles. The second kappa shape index (κ2) is 9.38. The Morgan fingerprint density at radius 3 is 2.65 bits per heavy atom. The number of nitrogens with one attached hydrogen (secondary N) is 1. The summed E-state index contributed by atoms with van der Waals surface area (Å²) in [6.07, 6.45) is 1.97. The quantitative estimate of drug-likeness (QED) is 0.488. The molecule has 2 rings (SSSR count). The van der Waals surface area contributed by atoms with Gasteiger partial charge in [0.25, 0.3) is 5.22 Å². The molecule has 0 aliphatic rings. The van der Waals surface area contributed by atoms with Crippen LogP contribution in [0.25, 0.3) is 11.1 Å². The van der Waals surface area contributed by atoms with Crippen LogP contribution < -0.4 is 5.32 Å². The number of thioether (sulfide) groups is 1. The molecule has 0 aliphatic carbocycles. The van der Waals surface area contributed by atoms with Gasteiger partial charge in [0.1, 0.15) is 5.52 Å². The summed E-state index contributed by atoms with van der Waals surface area (Å²) in [5.41, 5.74) is 0.963. The van der Waals surface area contributed by atoms with Crippen LogP contribution in [0.4, 0.5) is 0 Å². The minimum absolute atomic E-state index is 0.0736. The van der Waals surface area contributed by atoms with Gasteiger partial charge in [-0.3, -0.25) is 4.79 Å². The highest BCUT2D eigenvalue weighted by Crippen LogP contribution is 2.26. The third-order valence-electron chi connectivity index (χ3n) is 3.86. The van der Waals surface area contributed by atoms with E-state index in [-0.39, 0.29) is 16.6 Å². The molecule has 0 radical (unpaired) electrons. The third-order valence-corrected chi connectivity index (χ3v) is 6.74. The fourth-order valence-corrected chi connectivity index (χ4v) is 4.55. The number of amides is 1. The lowest BCUT2D eigenvalue weighted by atomic mass is 10.3. The summed E-state index contributed by atoms with van der Waals surface area (Å²) >= 11 is 1.19. The number of hydrogen-bond donors (Lipinski definition) is 1. The van der Waals surface area contributed by atoms with Crippen LogP contribution in [0.15, 0.2) is 32.7 Å². The van der Waals surface area contributed by atoms with Crippen LogP contribution in [-0.4, -0.2) is 49.0 Å². The van der Waals surface area contributed by atoms with Crippen molar-refractivity contribution in [3.05, 3.63) is 18.2 Å². The van der Waals surface area contributed by atoms with Gasteiger partial charge >= 0.3 is 0 Å². The molecule has 144 valence electrons. The van der Waals surface area contributed by atoms with E-state index in [0.717, 1.165) is 12.8 Å². The monoisotopic (exact) mass is 399 g/mol. The van der Waals surface area contributed by atoms with Gasteiger partial charge in [-0.05, 0) is 24.6 Å². The van der Waals surface area contributed by atoms with Crippen molar-refractivity contribution in [1.82, 2.24) is 14.6 Å². The maximum absolute atomic E-state index is 12.6. The molecular weight excluding hydrogens is 374 g/mol. The number of hydrogen-bond acceptors (Lipinski definition) is 6. The summed E-state index contributed by atoms with van der Waals surface area (Å²) in [5, 5.41) is 3.18. The van der Waals surface area contributed by atoms with Gasteiger partial charge in [-0.15, -0.1) is 0 Å². The zero-order valence-corrected chi connectivity index (χ0v) is 17.0. The molecule has 0 fully saturated rings. The highest BCUT2D eigenvalue weighted by atomic mass is 32.2. The van der Waals surface area contributed by atoms with Crippen LogP contribution in [0.1, 0.15) is 33.6 Å². The Labute approximate surface area is 158 Å². The second-order valence-corrected chi connectivity index (χ2v) is 8.56. The third kappa shape index (κ3) is 4.99. The molecule has 1 heterocycles. The normalized spacial score (nSPS) is 12.0. The minimum atomic E-state index is -3.54. The molecule has 0 unspecified atom stereocenters. The topological polar surface area (TPSA) is 92.5 Å². The molecular formula is C17H25N3O4S2. The number of nitrogens with zero attached hydrogens (tertiary/aromatic N) is 2. The van der Waals surface area contributed by atoms with Crippen molar-refractivity contribution < 1.29 is 17.6 Å². The smallest absolute Gasteiger partial charge is 0.257 e. The van der Waals surface area contributed by atoms with Crippen LogP contribution in [0.5, 0.6) is 0 Å². The van der Waals surface area contributed by atoms with E-state index >= 15 is 0 Å². The number of fused-ring (bicyclic) bond motifs is 1. The number of rotatable bonds is 10. The average Bonchev–Trinajstić information content (AvgIpc) is 3.03. The van der Waals surface area contributed by atoms with Gasteiger partial charge in [0.05, 0.1) is 10.6 Å². The first-order valence-electron chi connectivity index (χ1n) is 8.72. The molecule has 0 bridgehead atoms. The van der Waals surface area contributed by atoms with E-state index in [1.807, 2.05) is 0 Å². The molecule has 0 saturated carbocycles. The van der Waals surface area contributed by atoms with Gasteiger partial charge in [-0.2, -0.15) is 4.31 Å². The van der Waals surface area contributed by atoms with Gasteiger partial charge in [0.15, 0.2) is 5.58 Å². The fraction of sp³-hybridized carbons (Fsp3) is 0.529. The Balaban J connectivity index is 2.11. The maximum atomic E-state index is 12.6. The van der Waals surface area contributed by atoms with Crippen LogP contribution >= 0.6 is 11.8 Å². The first-order valence-corrected chi connectivity index (χ1v) is 11.1. The Morgan fingerprint density at radius 2 is 2.00 bits per heavy atom. The second-order valence-electron chi connectivity index (χ2n) is 5.69. The van der Waals surface area contributed by atoms with Crippen LogP contribution in [0.3, 0.4) is 0 Å². The number of aromatic nitrogens is 1. The Kier molecular flexibility index (Phi) is 7.48. The highest BCUT2D eigenvalue weighted by Gasteiger charge is 2.22. The number of unbranched alkanes of at least 4 members (excludes halogenated alkanes) is 1. The molecule has 0 aliphatic heterocycles. The molecule has 7 nitrogen and oxygen atoms in total. The lowest BCUT2D eigenvalue weighted by Gasteiger charge is -2.18. The lowest BCUT2D eigenvalue weighted by molar-refractivity contribution is -0.118. The fourth-order valence-electron chi connectivity index (χ4n) is 2.40. The molecule has 1 aromatic heterocycles. The number of benzene rings is 1. The van der Waals surface area contributed by atoms with Crippen molar-refractivity contribution in [3.63, 3.8) is 0 Å². The molecule has 0 atom stereocenters. The van der Waals surface area contributed by atoms with Crippen LogP contribution in [-0.2, 0) is 14.8 Å². The largest absolute Gasteiger partial charge is 0.431 e.